The molecule has 2 rings (SSSR count). The van der Waals surface area contributed by atoms with Crippen LogP contribution in [0.2, 0.25) is 0 Å². The number of hydrogen-bond acceptors (Lipinski definition) is 4. The van der Waals surface area contributed by atoms with E-state index in [4.69, 9.17) is 0 Å². The molecular weight excluding hydrogens is 410 g/mol. The Labute approximate surface area is 157 Å². The van der Waals surface area contributed by atoms with E-state index in [-0.39, 0.29) is 23.5 Å². The number of sulfone groups is 1. The van der Waals surface area contributed by atoms with Crippen molar-refractivity contribution in [1.82, 2.24) is 4.90 Å². The second kappa shape index (κ2) is 9.25. The van der Waals surface area contributed by atoms with E-state index in [1.54, 1.807) is 11.8 Å². The van der Waals surface area contributed by atoms with Crippen molar-refractivity contribution < 1.29 is 13.2 Å². The number of rotatable bonds is 8. The van der Waals surface area contributed by atoms with Gasteiger partial charge in [-0.15, -0.1) is 11.8 Å². The molecule has 7 heteroatoms. The first-order chi connectivity index (χ1) is 11.4. The smallest absolute Gasteiger partial charge is 0.223 e. The Kier molecular flexibility index (Phi) is 7.62. The molecule has 1 atom stereocenters. The molecule has 1 amide bonds. The number of halogens is 1. The van der Waals surface area contributed by atoms with Gasteiger partial charge in [-0.25, -0.2) is 8.42 Å². The number of nitrogens with zero attached hydrogens (tertiary/aromatic N) is 1. The van der Waals surface area contributed by atoms with E-state index in [2.05, 4.69) is 22.9 Å². The topological polar surface area (TPSA) is 54.5 Å². The molecule has 1 aromatic rings. The summed E-state index contributed by atoms with van der Waals surface area (Å²) in [5.41, 5.74) is 0. The number of carbonyl (C=O) groups excluding carboxylic acids is 1. The molecule has 0 N–H and O–H groups in total. The van der Waals surface area contributed by atoms with Crippen LogP contribution in [0, 0.1) is 0 Å². The van der Waals surface area contributed by atoms with Crippen molar-refractivity contribution in [1.29, 1.82) is 0 Å². The summed E-state index contributed by atoms with van der Waals surface area (Å²) < 4.78 is 24.5. The molecule has 0 spiro atoms. The van der Waals surface area contributed by atoms with Crippen molar-refractivity contribution in [2.45, 2.75) is 43.5 Å². The third-order valence-electron chi connectivity index (χ3n) is 4.12. The Hall–Kier alpha value is -0.530. The normalized spacial score (nSPS) is 19.3. The van der Waals surface area contributed by atoms with Crippen LogP contribution in [-0.2, 0) is 14.6 Å². The largest absolute Gasteiger partial charge is 0.339 e. The molecular formula is C17H24BrNO3S2. The molecule has 0 aromatic heterocycles. The summed E-state index contributed by atoms with van der Waals surface area (Å²) in [6, 6.07) is 7.89. The molecule has 1 aromatic carbocycles. The van der Waals surface area contributed by atoms with Crippen LogP contribution in [0.25, 0.3) is 0 Å². The van der Waals surface area contributed by atoms with Gasteiger partial charge in [-0.2, -0.15) is 0 Å². The number of thioether (sulfide) groups is 1. The van der Waals surface area contributed by atoms with E-state index >= 15 is 0 Å². The van der Waals surface area contributed by atoms with Gasteiger partial charge in [0, 0.05) is 34.1 Å². The number of carbonyl (C=O) groups is 1. The molecule has 134 valence electrons. The highest BCUT2D eigenvalue weighted by molar-refractivity contribution is 9.10. The van der Waals surface area contributed by atoms with Crippen molar-refractivity contribution in [2.24, 2.45) is 0 Å². The Morgan fingerprint density at radius 2 is 2.04 bits per heavy atom. The van der Waals surface area contributed by atoms with Crippen LogP contribution in [-0.4, -0.2) is 49.1 Å². The van der Waals surface area contributed by atoms with Gasteiger partial charge in [0.2, 0.25) is 5.91 Å². The van der Waals surface area contributed by atoms with Gasteiger partial charge in [0.05, 0.1) is 11.5 Å². The average Bonchev–Trinajstić information content (AvgIpc) is 2.89. The van der Waals surface area contributed by atoms with Crippen molar-refractivity contribution in [3.8, 4) is 0 Å². The summed E-state index contributed by atoms with van der Waals surface area (Å²) in [5.74, 6) is 1.13. The predicted octanol–water partition coefficient (Wildman–Crippen LogP) is 3.75. The predicted molar refractivity (Wildman–Crippen MR) is 103 cm³/mol. The SMILES string of the molecule is CCCCN(C(=O)CCSc1ccc(Br)cc1)C1CCS(=O)(=O)C1. The zero-order chi connectivity index (χ0) is 17.6. The molecule has 1 aliphatic rings. The highest BCUT2D eigenvalue weighted by Crippen LogP contribution is 2.23. The zero-order valence-corrected chi connectivity index (χ0v) is 17.1. The Bertz CT molecular complexity index is 646. The highest BCUT2D eigenvalue weighted by atomic mass is 79.9. The monoisotopic (exact) mass is 433 g/mol. The number of hydrogen-bond donors (Lipinski definition) is 0. The average molecular weight is 434 g/mol. The van der Waals surface area contributed by atoms with Gasteiger partial charge in [-0.1, -0.05) is 29.3 Å². The Balaban J connectivity index is 1.88. The first-order valence-electron chi connectivity index (χ1n) is 8.29. The summed E-state index contributed by atoms with van der Waals surface area (Å²) in [5, 5.41) is 0. The first-order valence-corrected chi connectivity index (χ1v) is 11.9. The standard InChI is InChI=1S/C17H24BrNO3S2/c1-2-3-10-19(15-9-12-24(21,22)13-15)17(20)8-11-23-16-6-4-14(18)5-7-16/h4-7,15H,2-3,8-13H2,1H3. The van der Waals surface area contributed by atoms with Crippen molar-refractivity contribution >= 4 is 43.4 Å². The lowest BCUT2D eigenvalue weighted by atomic mass is 10.2. The van der Waals surface area contributed by atoms with Crippen LogP contribution in [0.5, 0.6) is 0 Å². The highest BCUT2D eigenvalue weighted by Gasteiger charge is 2.34. The molecule has 1 heterocycles. The van der Waals surface area contributed by atoms with Crippen molar-refractivity contribution in [2.75, 3.05) is 23.8 Å². The minimum absolute atomic E-state index is 0.0789. The second-order valence-corrected chi connectivity index (χ2v) is 10.4. The van der Waals surface area contributed by atoms with Crippen LogP contribution < -0.4 is 0 Å². The maximum atomic E-state index is 12.6. The van der Waals surface area contributed by atoms with E-state index in [0.29, 0.717) is 25.1 Å². The maximum absolute atomic E-state index is 12.6. The van der Waals surface area contributed by atoms with E-state index in [1.165, 1.54) is 0 Å². The molecule has 4 nitrogen and oxygen atoms in total. The van der Waals surface area contributed by atoms with E-state index in [1.807, 2.05) is 29.2 Å². The number of unbranched alkanes of at least 4 members (excludes halogenated alkanes) is 1. The summed E-state index contributed by atoms with van der Waals surface area (Å²) in [4.78, 5) is 15.6. The minimum Gasteiger partial charge on any atom is -0.339 e. The van der Waals surface area contributed by atoms with Crippen molar-refractivity contribution in [3.05, 3.63) is 28.7 Å². The van der Waals surface area contributed by atoms with Gasteiger partial charge in [-0.05, 0) is 37.1 Å². The van der Waals surface area contributed by atoms with Gasteiger partial charge < -0.3 is 4.90 Å². The summed E-state index contributed by atoms with van der Waals surface area (Å²) in [7, 11) is -2.97. The molecule has 0 aliphatic carbocycles. The summed E-state index contributed by atoms with van der Waals surface area (Å²) in [6.45, 7) is 2.75. The summed E-state index contributed by atoms with van der Waals surface area (Å²) >= 11 is 5.06. The molecule has 0 radical (unpaired) electrons. The lowest BCUT2D eigenvalue weighted by Gasteiger charge is -2.28. The Morgan fingerprint density at radius 1 is 1.33 bits per heavy atom. The van der Waals surface area contributed by atoms with E-state index in [9.17, 15) is 13.2 Å². The lowest BCUT2D eigenvalue weighted by Crippen LogP contribution is -2.41. The second-order valence-electron chi connectivity index (χ2n) is 6.05. The molecule has 0 saturated carbocycles. The molecule has 1 saturated heterocycles. The molecule has 24 heavy (non-hydrogen) atoms. The molecule has 0 bridgehead atoms. The van der Waals surface area contributed by atoms with Crippen LogP contribution in [0.3, 0.4) is 0 Å². The maximum Gasteiger partial charge on any atom is 0.223 e. The first kappa shape index (κ1) is 19.8. The van der Waals surface area contributed by atoms with Crippen molar-refractivity contribution in [3.63, 3.8) is 0 Å². The molecule has 1 fully saturated rings. The van der Waals surface area contributed by atoms with Crippen LogP contribution in [0.15, 0.2) is 33.6 Å². The quantitative estimate of drug-likeness (QED) is 0.585. The fourth-order valence-electron chi connectivity index (χ4n) is 2.79. The van der Waals surface area contributed by atoms with Crippen LogP contribution in [0.1, 0.15) is 32.6 Å². The third kappa shape index (κ3) is 6.08. The van der Waals surface area contributed by atoms with Crippen LogP contribution >= 0.6 is 27.7 Å². The van der Waals surface area contributed by atoms with E-state index < -0.39 is 9.84 Å². The number of benzene rings is 1. The van der Waals surface area contributed by atoms with E-state index in [0.717, 1.165) is 22.2 Å². The number of amides is 1. The lowest BCUT2D eigenvalue weighted by molar-refractivity contribution is -0.132. The fraction of sp³-hybridized carbons (Fsp3) is 0.588. The zero-order valence-electron chi connectivity index (χ0n) is 13.9. The van der Waals surface area contributed by atoms with Crippen LogP contribution in [0.4, 0.5) is 0 Å². The molecule has 1 unspecified atom stereocenters. The van der Waals surface area contributed by atoms with Gasteiger partial charge >= 0.3 is 0 Å². The van der Waals surface area contributed by atoms with Gasteiger partial charge in [0.15, 0.2) is 9.84 Å². The van der Waals surface area contributed by atoms with Gasteiger partial charge in [0.1, 0.15) is 0 Å². The fourth-order valence-corrected chi connectivity index (χ4v) is 5.63. The van der Waals surface area contributed by atoms with Gasteiger partial charge in [0.25, 0.3) is 0 Å². The van der Waals surface area contributed by atoms with Gasteiger partial charge in [-0.3, -0.25) is 4.79 Å². The summed E-state index contributed by atoms with van der Waals surface area (Å²) in [6.07, 6.45) is 2.94. The minimum atomic E-state index is -2.97. The molecule has 1 aliphatic heterocycles. The Morgan fingerprint density at radius 3 is 2.62 bits per heavy atom. The third-order valence-corrected chi connectivity index (χ3v) is 7.41.